The molecule has 0 aromatic heterocycles. The molecule has 1 aliphatic rings. The van der Waals surface area contributed by atoms with E-state index in [0.717, 1.165) is 12.8 Å². The molecule has 102 valence electrons. The third-order valence-corrected chi connectivity index (χ3v) is 5.04. The van der Waals surface area contributed by atoms with Crippen LogP contribution >= 0.6 is 0 Å². The molecular formula is C19H20O. The van der Waals surface area contributed by atoms with Crippen molar-refractivity contribution in [1.29, 1.82) is 0 Å². The SMILES string of the molecule is CCC1(c2ccccc2)C(=O)C1(CC)c1ccccc1. The molecule has 2 unspecified atom stereocenters. The van der Waals surface area contributed by atoms with Gasteiger partial charge in [0.1, 0.15) is 0 Å². The molecule has 2 aromatic carbocycles. The fraction of sp³-hybridized carbons (Fsp3) is 0.316. The lowest BCUT2D eigenvalue weighted by molar-refractivity contribution is -0.113. The number of hydrogen-bond donors (Lipinski definition) is 0. The summed E-state index contributed by atoms with van der Waals surface area (Å²) in [5.74, 6) is 0.382. The van der Waals surface area contributed by atoms with Gasteiger partial charge in [-0.15, -0.1) is 0 Å². The number of carbonyl (C=O) groups is 1. The van der Waals surface area contributed by atoms with Crippen LogP contribution in [0.3, 0.4) is 0 Å². The highest BCUT2D eigenvalue weighted by Crippen LogP contribution is 2.65. The fourth-order valence-electron chi connectivity index (χ4n) is 4.01. The first-order valence-electron chi connectivity index (χ1n) is 7.40. The minimum Gasteiger partial charge on any atom is -0.298 e. The van der Waals surface area contributed by atoms with E-state index in [0.29, 0.717) is 5.78 Å². The lowest BCUT2D eigenvalue weighted by atomic mass is 9.78. The highest BCUT2D eigenvalue weighted by atomic mass is 16.1. The van der Waals surface area contributed by atoms with Crippen molar-refractivity contribution in [3.05, 3.63) is 71.8 Å². The molecule has 1 heteroatoms. The predicted molar refractivity (Wildman–Crippen MR) is 81.8 cm³/mol. The maximum Gasteiger partial charge on any atom is 0.156 e. The van der Waals surface area contributed by atoms with E-state index in [-0.39, 0.29) is 10.8 Å². The Kier molecular flexibility index (Phi) is 3.01. The van der Waals surface area contributed by atoms with Crippen LogP contribution in [0.1, 0.15) is 37.8 Å². The van der Waals surface area contributed by atoms with Crippen molar-refractivity contribution in [2.24, 2.45) is 0 Å². The van der Waals surface area contributed by atoms with Crippen LogP contribution < -0.4 is 0 Å². The molecule has 1 saturated carbocycles. The molecule has 0 spiro atoms. The van der Waals surface area contributed by atoms with Crippen molar-refractivity contribution in [3.8, 4) is 0 Å². The average molecular weight is 264 g/mol. The van der Waals surface area contributed by atoms with Gasteiger partial charge in [-0.2, -0.15) is 0 Å². The van der Waals surface area contributed by atoms with E-state index < -0.39 is 0 Å². The van der Waals surface area contributed by atoms with Gasteiger partial charge in [0.25, 0.3) is 0 Å². The molecule has 0 saturated heterocycles. The van der Waals surface area contributed by atoms with E-state index in [4.69, 9.17) is 0 Å². The van der Waals surface area contributed by atoms with Crippen LogP contribution in [0.5, 0.6) is 0 Å². The maximum absolute atomic E-state index is 12.9. The largest absolute Gasteiger partial charge is 0.298 e. The second kappa shape index (κ2) is 4.59. The van der Waals surface area contributed by atoms with E-state index >= 15 is 0 Å². The van der Waals surface area contributed by atoms with E-state index in [1.54, 1.807) is 0 Å². The molecule has 2 aromatic rings. The molecule has 20 heavy (non-hydrogen) atoms. The highest BCUT2D eigenvalue weighted by Gasteiger charge is 2.76. The molecule has 1 aliphatic carbocycles. The summed E-state index contributed by atoms with van der Waals surface area (Å²) in [5, 5.41) is 0. The summed E-state index contributed by atoms with van der Waals surface area (Å²) in [7, 11) is 0. The lowest BCUT2D eigenvalue weighted by Crippen LogP contribution is -2.21. The average Bonchev–Trinajstić information content (AvgIpc) is 3.09. The monoisotopic (exact) mass is 264 g/mol. The van der Waals surface area contributed by atoms with E-state index in [1.165, 1.54) is 11.1 Å². The molecule has 2 atom stereocenters. The van der Waals surface area contributed by atoms with Gasteiger partial charge in [-0.25, -0.2) is 0 Å². The number of rotatable bonds is 4. The number of Topliss-reactive ketones (excluding diaryl/α,β-unsaturated/α-hetero) is 1. The summed E-state index contributed by atoms with van der Waals surface area (Å²) >= 11 is 0. The first-order chi connectivity index (χ1) is 9.74. The van der Waals surface area contributed by atoms with Crippen LogP contribution in [-0.4, -0.2) is 5.78 Å². The molecule has 1 nitrogen and oxygen atoms in total. The van der Waals surface area contributed by atoms with Gasteiger partial charge in [0.2, 0.25) is 0 Å². The second-order valence-corrected chi connectivity index (χ2v) is 5.58. The zero-order chi connectivity index (χ0) is 14.2. The number of carbonyl (C=O) groups excluding carboxylic acids is 1. The van der Waals surface area contributed by atoms with Crippen molar-refractivity contribution in [2.45, 2.75) is 37.5 Å². The van der Waals surface area contributed by atoms with Gasteiger partial charge in [-0.05, 0) is 24.0 Å². The summed E-state index contributed by atoms with van der Waals surface area (Å²) in [6.07, 6.45) is 1.72. The van der Waals surface area contributed by atoms with Gasteiger partial charge < -0.3 is 0 Å². The zero-order valence-corrected chi connectivity index (χ0v) is 12.1. The molecule has 0 radical (unpaired) electrons. The minimum absolute atomic E-state index is 0.329. The van der Waals surface area contributed by atoms with E-state index in [1.807, 2.05) is 36.4 Å². The fourth-order valence-corrected chi connectivity index (χ4v) is 4.01. The predicted octanol–water partition coefficient (Wildman–Crippen LogP) is 4.27. The van der Waals surface area contributed by atoms with Crippen molar-refractivity contribution >= 4 is 5.78 Å². The van der Waals surface area contributed by atoms with Crippen LogP contribution in [-0.2, 0) is 15.6 Å². The van der Waals surface area contributed by atoms with Crippen LogP contribution in [0, 0.1) is 0 Å². The third-order valence-electron chi connectivity index (χ3n) is 5.04. The van der Waals surface area contributed by atoms with Crippen LogP contribution in [0.15, 0.2) is 60.7 Å². The van der Waals surface area contributed by atoms with Gasteiger partial charge >= 0.3 is 0 Å². The molecule has 0 aliphatic heterocycles. The first-order valence-corrected chi connectivity index (χ1v) is 7.40. The second-order valence-electron chi connectivity index (χ2n) is 5.58. The molecule has 1 fully saturated rings. The Morgan fingerprint density at radius 3 is 1.35 bits per heavy atom. The van der Waals surface area contributed by atoms with Crippen molar-refractivity contribution < 1.29 is 4.79 Å². The summed E-state index contributed by atoms with van der Waals surface area (Å²) in [6, 6.07) is 20.5. The Bertz CT molecular complexity index is 561. The smallest absolute Gasteiger partial charge is 0.156 e. The van der Waals surface area contributed by atoms with Crippen molar-refractivity contribution in [3.63, 3.8) is 0 Å². The number of hydrogen-bond acceptors (Lipinski definition) is 1. The van der Waals surface area contributed by atoms with Crippen molar-refractivity contribution in [1.82, 2.24) is 0 Å². The van der Waals surface area contributed by atoms with Crippen LogP contribution in [0.2, 0.25) is 0 Å². The Morgan fingerprint density at radius 1 is 0.700 bits per heavy atom. The standard InChI is InChI=1S/C19H20O/c1-3-18(15-11-7-5-8-12-15)17(20)19(18,4-2)16-13-9-6-10-14-16/h5-14H,3-4H2,1-2H3. The number of ketones is 1. The Morgan fingerprint density at radius 2 is 1.05 bits per heavy atom. The minimum atomic E-state index is -0.329. The quantitative estimate of drug-likeness (QED) is 0.806. The topological polar surface area (TPSA) is 17.1 Å². The zero-order valence-electron chi connectivity index (χ0n) is 12.1. The van der Waals surface area contributed by atoms with Gasteiger partial charge in [0, 0.05) is 0 Å². The van der Waals surface area contributed by atoms with Gasteiger partial charge in [0.05, 0.1) is 10.8 Å². The molecule has 0 N–H and O–H groups in total. The van der Waals surface area contributed by atoms with Gasteiger partial charge in [-0.1, -0.05) is 74.5 Å². The summed E-state index contributed by atoms with van der Waals surface area (Å²) < 4.78 is 0. The molecule has 0 heterocycles. The third kappa shape index (κ3) is 1.41. The summed E-state index contributed by atoms with van der Waals surface area (Å²) in [4.78, 5) is 12.9. The normalized spacial score (nSPS) is 28.4. The van der Waals surface area contributed by atoms with Crippen LogP contribution in [0.4, 0.5) is 0 Å². The lowest BCUT2D eigenvalue weighted by Gasteiger charge is -2.22. The molecule has 0 bridgehead atoms. The summed E-state index contributed by atoms with van der Waals surface area (Å²) in [5.41, 5.74) is 1.67. The Balaban J connectivity index is 2.17. The van der Waals surface area contributed by atoms with Crippen LogP contribution in [0.25, 0.3) is 0 Å². The first kappa shape index (κ1) is 13.1. The Labute approximate surface area is 120 Å². The van der Waals surface area contributed by atoms with Gasteiger partial charge in [-0.3, -0.25) is 4.79 Å². The molecular weight excluding hydrogens is 244 g/mol. The Hall–Kier alpha value is -1.89. The highest BCUT2D eigenvalue weighted by molar-refractivity contribution is 6.18. The van der Waals surface area contributed by atoms with E-state index in [9.17, 15) is 4.79 Å². The maximum atomic E-state index is 12.9. The number of benzene rings is 2. The molecule has 3 rings (SSSR count). The molecule has 0 amide bonds. The van der Waals surface area contributed by atoms with E-state index in [2.05, 4.69) is 38.1 Å². The summed E-state index contributed by atoms with van der Waals surface area (Å²) in [6.45, 7) is 4.26. The van der Waals surface area contributed by atoms with Crippen molar-refractivity contribution in [2.75, 3.05) is 0 Å². The van der Waals surface area contributed by atoms with Gasteiger partial charge in [0.15, 0.2) is 5.78 Å².